The number of pyridine rings is 1. The van der Waals surface area contributed by atoms with Crippen LogP contribution in [0.3, 0.4) is 0 Å². The molecule has 0 aliphatic heterocycles. The second-order valence-electron chi connectivity index (χ2n) is 9.11. The Kier molecular flexibility index (Phi) is 5.11. The molecule has 1 aliphatic carbocycles. The Hall–Kier alpha value is -1.88. The van der Waals surface area contributed by atoms with E-state index in [4.69, 9.17) is 9.47 Å². The molecule has 0 unspecified atom stereocenters. The first kappa shape index (κ1) is 18.9. The molecule has 5 heteroatoms. The molecule has 2 aromatic rings. The van der Waals surface area contributed by atoms with Crippen molar-refractivity contribution in [1.29, 1.82) is 0 Å². The Labute approximate surface area is 156 Å². The molecule has 0 aromatic carbocycles. The van der Waals surface area contributed by atoms with Crippen LogP contribution < -0.4 is 4.74 Å². The van der Waals surface area contributed by atoms with E-state index in [1.54, 1.807) is 0 Å². The van der Waals surface area contributed by atoms with Crippen LogP contribution in [0.2, 0.25) is 0 Å². The van der Waals surface area contributed by atoms with Gasteiger partial charge in [-0.05, 0) is 45.6 Å². The lowest BCUT2D eigenvalue weighted by atomic mass is 9.92. The van der Waals surface area contributed by atoms with Crippen molar-refractivity contribution >= 4 is 0 Å². The highest BCUT2D eigenvalue weighted by molar-refractivity contribution is 5.58. The lowest BCUT2D eigenvalue weighted by molar-refractivity contribution is -0.0164. The van der Waals surface area contributed by atoms with Crippen LogP contribution in [-0.2, 0) is 10.2 Å². The number of aromatic amines is 1. The normalized spacial score (nSPS) is 15.3. The predicted molar refractivity (Wildman–Crippen MR) is 104 cm³/mol. The topological polar surface area (TPSA) is 60.0 Å². The van der Waals surface area contributed by atoms with Crippen LogP contribution in [0.5, 0.6) is 5.75 Å². The zero-order valence-corrected chi connectivity index (χ0v) is 16.8. The summed E-state index contributed by atoms with van der Waals surface area (Å²) in [6.45, 7) is 13.8. The van der Waals surface area contributed by atoms with E-state index in [0.29, 0.717) is 19.1 Å². The average molecular weight is 357 g/mol. The first-order valence-electron chi connectivity index (χ1n) is 9.46. The van der Waals surface area contributed by atoms with Crippen LogP contribution >= 0.6 is 0 Å². The summed E-state index contributed by atoms with van der Waals surface area (Å²) >= 11 is 0. The Balaban J connectivity index is 1.77. The maximum absolute atomic E-state index is 6.07. The van der Waals surface area contributed by atoms with Crippen LogP contribution in [0.25, 0.3) is 11.4 Å². The van der Waals surface area contributed by atoms with Gasteiger partial charge in [-0.25, -0.2) is 0 Å². The van der Waals surface area contributed by atoms with Crippen molar-refractivity contribution in [2.75, 3.05) is 13.2 Å². The molecule has 1 saturated carbocycles. The molecule has 0 amide bonds. The van der Waals surface area contributed by atoms with Crippen LogP contribution in [0.4, 0.5) is 0 Å². The molecule has 1 aliphatic rings. The van der Waals surface area contributed by atoms with E-state index in [1.165, 1.54) is 18.4 Å². The molecule has 142 valence electrons. The van der Waals surface area contributed by atoms with Gasteiger partial charge in [0.05, 0.1) is 17.9 Å². The van der Waals surface area contributed by atoms with Gasteiger partial charge in [0.2, 0.25) is 0 Å². The van der Waals surface area contributed by atoms with Crippen molar-refractivity contribution in [3.8, 4) is 17.1 Å². The molecule has 5 nitrogen and oxygen atoms in total. The van der Waals surface area contributed by atoms with Gasteiger partial charge in [0.25, 0.3) is 0 Å². The van der Waals surface area contributed by atoms with Gasteiger partial charge in [-0.3, -0.25) is 10.1 Å². The molecule has 0 spiro atoms. The number of hydrogen-bond donors (Lipinski definition) is 1. The Morgan fingerprint density at radius 3 is 2.35 bits per heavy atom. The zero-order valence-electron chi connectivity index (χ0n) is 16.8. The summed E-state index contributed by atoms with van der Waals surface area (Å²) in [5.41, 5.74) is 3.88. The van der Waals surface area contributed by atoms with Gasteiger partial charge in [-0.2, -0.15) is 5.10 Å². The minimum Gasteiger partial charge on any atom is -0.491 e. The van der Waals surface area contributed by atoms with E-state index in [2.05, 4.69) is 62.8 Å². The Morgan fingerprint density at radius 1 is 1.04 bits per heavy atom. The maximum atomic E-state index is 6.07. The van der Waals surface area contributed by atoms with E-state index in [1.807, 2.05) is 12.3 Å². The van der Waals surface area contributed by atoms with Crippen molar-refractivity contribution in [2.45, 2.75) is 71.3 Å². The van der Waals surface area contributed by atoms with Crippen LogP contribution in [0, 0.1) is 0 Å². The average Bonchev–Trinajstić information content (AvgIpc) is 3.24. The van der Waals surface area contributed by atoms with E-state index in [0.717, 1.165) is 22.8 Å². The molecule has 3 rings (SSSR count). The summed E-state index contributed by atoms with van der Waals surface area (Å²) < 4.78 is 11.8. The van der Waals surface area contributed by atoms with E-state index in [9.17, 15) is 0 Å². The fourth-order valence-electron chi connectivity index (χ4n) is 2.75. The molecule has 1 N–H and O–H groups in total. The van der Waals surface area contributed by atoms with Gasteiger partial charge >= 0.3 is 0 Å². The number of ether oxygens (including phenoxy) is 2. The smallest absolute Gasteiger partial charge is 0.126 e. The fraction of sp³-hybridized carbons (Fsp3) is 0.619. The third-order valence-electron chi connectivity index (χ3n) is 4.44. The predicted octanol–water partition coefficient (Wildman–Crippen LogP) is 4.84. The minimum absolute atomic E-state index is 0.0306. The van der Waals surface area contributed by atoms with Crippen molar-refractivity contribution in [3.05, 3.63) is 29.6 Å². The molecule has 0 radical (unpaired) electrons. The largest absolute Gasteiger partial charge is 0.491 e. The molecule has 26 heavy (non-hydrogen) atoms. The highest BCUT2D eigenvalue weighted by Gasteiger charge is 2.28. The summed E-state index contributed by atoms with van der Waals surface area (Å²) in [7, 11) is 0. The first-order valence-corrected chi connectivity index (χ1v) is 9.46. The lowest BCUT2D eigenvalue weighted by Crippen LogP contribution is -2.22. The van der Waals surface area contributed by atoms with Crippen LogP contribution in [-0.4, -0.2) is 34.0 Å². The molecule has 0 atom stereocenters. The summed E-state index contributed by atoms with van der Waals surface area (Å²) in [6, 6.07) is 4.10. The third kappa shape index (κ3) is 4.85. The second-order valence-corrected chi connectivity index (χ2v) is 9.11. The summed E-state index contributed by atoms with van der Waals surface area (Å²) in [5.74, 6) is 1.50. The molecule has 2 heterocycles. The SMILES string of the molecule is CC(C)(C)OCCOc1cc(-c2cc(C(C)(C)C)[nH]n2)ncc1C1CC1. The van der Waals surface area contributed by atoms with Gasteiger partial charge in [-0.15, -0.1) is 0 Å². The van der Waals surface area contributed by atoms with Gasteiger partial charge in [0, 0.05) is 28.9 Å². The number of nitrogens with zero attached hydrogens (tertiary/aromatic N) is 2. The number of H-pyrrole nitrogens is 1. The number of rotatable bonds is 6. The lowest BCUT2D eigenvalue weighted by Gasteiger charge is -2.20. The van der Waals surface area contributed by atoms with Gasteiger partial charge < -0.3 is 9.47 Å². The van der Waals surface area contributed by atoms with Gasteiger partial charge in [-0.1, -0.05) is 20.8 Å². The molecule has 0 saturated heterocycles. The van der Waals surface area contributed by atoms with Crippen LogP contribution in [0.15, 0.2) is 18.3 Å². The Bertz CT molecular complexity index is 749. The summed E-state index contributed by atoms with van der Waals surface area (Å²) in [5, 5.41) is 7.58. The highest BCUT2D eigenvalue weighted by Crippen LogP contribution is 2.44. The van der Waals surface area contributed by atoms with Gasteiger partial charge in [0.1, 0.15) is 18.1 Å². The molecule has 2 aromatic heterocycles. The second kappa shape index (κ2) is 7.03. The van der Waals surface area contributed by atoms with Crippen LogP contribution in [0.1, 0.15) is 71.6 Å². The standard InChI is InChI=1S/C21H31N3O2/c1-20(2,3)19-12-17(23-24-19)16-11-18(15(13-22-16)14-7-8-14)25-9-10-26-21(4,5)6/h11-14H,7-10H2,1-6H3,(H,23,24). The van der Waals surface area contributed by atoms with E-state index < -0.39 is 0 Å². The third-order valence-corrected chi connectivity index (χ3v) is 4.44. The zero-order chi connectivity index (χ0) is 18.9. The van der Waals surface area contributed by atoms with Crippen molar-refractivity contribution in [2.24, 2.45) is 0 Å². The van der Waals surface area contributed by atoms with Crippen molar-refractivity contribution < 1.29 is 9.47 Å². The van der Waals surface area contributed by atoms with Crippen molar-refractivity contribution in [3.63, 3.8) is 0 Å². The van der Waals surface area contributed by atoms with E-state index >= 15 is 0 Å². The fourth-order valence-corrected chi connectivity index (χ4v) is 2.75. The maximum Gasteiger partial charge on any atom is 0.126 e. The monoisotopic (exact) mass is 357 g/mol. The van der Waals surface area contributed by atoms with Gasteiger partial charge in [0.15, 0.2) is 0 Å². The highest BCUT2D eigenvalue weighted by atomic mass is 16.5. The molecule has 1 fully saturated rings. The number of nitrogens with one attached hydrogen (secondary N) is 1. The molecular weight excluding hydrogens is 326 g/mol. The summed E-state index contributed by atoms with van der Waals surface area (Å²) in [6.07, 6.45) is 4.39. The summed E-state index contributed by atoms with van der Waals surface area (Å²) in [4.78, 5) is 4.64. The van der Waals surface area contributed by atoms with Crippen molar-refractivity contribution in [1.82, 2.24) is 15.2 Å². The minimum atomic E-state index is -0.148. The first-order chi connectivity index (χ1) is 12.1. The van der Waals surface area contributed by atoms with E-state index in [-0.39, 0.29) is 11.0 Å². The number of aromatic nitrogens is 3. The molecule has 0 bridgehead atoms. The quantitative estimate of drug-likeness (QED) is 0.752. The molecular formula is C21H31N3O2. The number of hydrogen-bond acceptors (Lipinski definition) is 4. The Morgan fingerprint density at radius 2 is 1.77 bits per heavy atom.